The van der Waals surface area contributed by atoms with E-state index < -0.39 is 18.6 Å². The number of aliphatic hydroxyl groups excluding tert-OH is 1. The van der Waals surface area contributed by atoms with Crippen molar-refractivity contribution in [3.8, 4) is 5.75 Å². The highest BCUT2D eigenvalue weighted by atomic mass is 16.4. The molecule has 0 unspecified atom stereocenters. The summed E-state index contributed by atoms with van der Waals surface area (Å²) in [6.45, 7) is -0.640. The van der Waals surface area contributed by atoms with Crippen molar-refractivity contribution in [2.45, 2.75) is 6.04 Å². The zero-order valence-corrected chi connectivity index (χ0v) is 9.37. The standard InChI is InChI=1S/C11H13N3O4/c12-10(13)6-1-2-9(16)7(3-6)4-14-8(5-15)11(17)18/h1-4,8,15-16H,5H2,(H3,12,13)(H,17,18)/t8-/m0/s1. The molecule has 0 aromatic heterocycles. The minimum absolute atomic E-state index is 0.120. The summed E-state index contributed by atoms with van der Waals surface area (Å²) < 4.78 is 0. The summed E-state index contributed by atoms with van der Waals surface area (Å²) in [5, 5.41) is 34.2. The van der Waals surface area contributed by atoms with E-state index in [1.54, 1.807) is 0 Å². The van der Waals surface area contributed by atoms with Gasteiger partial charge in [0, 0.05) is 17.3 Å². The number of nitrogen functional groups attached to an aromatic ring is 1. The summed E-state index contributed by atoms with van der Waals surface area (Å²) in [4.78, 5) is 14.2. The van der Waals surface area contributed by atoms with Gasteiger partial charge >= 0.3 is 5.97 Å². The summed E-state index contributed by atoms with van der Waals surface area (Å²) in [7, 11) is 0. The van der Waals surface area contributed by atoms with Gasteiger partial charge in [-0.25, -0.2) is 4.79 Å². The Morgan fingerprint density at radius 1 is 1.56 bits per heavy atom. The van der Waals surface area contributed by atoms with Crippen LogP contribution in [0.1, 0.15) is 11.1 Å². The third-order valence-corrected chi connectivity index (χ3v) is 2.19. The van der Waals surface area contributed by atoms with Crippen LogP contribution in [0.25, 0.3) is 0 Å². The quantitative estimate of drug-likeness (QED) is 0.356. The van der Waals surface area contributed by atoms with Crippen LogP contribution in [0, 0.1) is 5.41 Å². The molecule has 0 radical (unpaired) electrons. The molecule has 7 nitrogen and oxygen atoms in total. The Balaban J connectivity index is 3.02. The molecule has 1 atom stereocenters. The number of phenolic OH excluding ortho intramolecular Hbond substituents is 1. The number of amidine groups is 1. The molecule has 0 spiro atoms. The van der Waals surface area contributed by atoms with E-state index >= 15 is 0 Å². The molecule has 18 heavy (non-hydrogen) atoms. The Labute approximate surface area is 103 Å². The minimum atomic E-state index is -1.29. The third-order valence-electron chi connectivity index (χ3n) is 2.19. The Hall–Kier alpha value is -2.41. The maximum absolute atomic E-state index is 10.6. The normalized spacial score (nSPS) is 12.5. The van der Waals surface area contributed by atoms with Crippen molar-refractivity contribution in [3.05, 3.63) is 29.3 Å². The summed E-state index contributed by atoms with van der Waals surface area (Å²) in [6.07, 6.45) is 1.12. The predicted molar refractivity (Wildman–Crippen MR) is 65.2 cm³/mol. The van der Waals surface area contributed by atoms with Gasteiger partial charge in [-0.15, -0.1) is 0 Å². The van der Waals surface area contributed by atoms with E-state index in [0.29, 0.717) is 5.56 Å². The topological polar surface area (TPSA) is 140 Å². The number of aliphatic imine (C=N–C) groups is 1. The molecule has 7 heteroatoms. The van der Waals surface area contributed by atoms with Gasteiger partial charge < -0.3 is 21.1 Å². The highest BCUT2D eigenvalue weighted by Crippen LogP contribution is 2.16. The number of carboxylic acids is 1. The van der Waals surface area contributed by atoms with Crippen LogP contribution in [0.2, 0.25) is 0 Å². The van der Waals surface area contributed by atoms with Gasteiger partial charge in [0.25, 0.3) is 0 Å². The third kappa shape index (κ3) is 3.29. The number of rotatable bonds is 5. The Kier molecular flexibility index (Phi) is 4.39. The molecule has 6 N–H and O–H groups in total. The molecule has 0 fully saturated rings. The van der Waals surface area contributed by atoms with Crippen LogP contribution in [-0.2, 0) is 4.79 Å². The van der Waals surface area contributed by atoms with Crippen LogP contribution < -0.4 is 5.73 Å². The zero-order chi connectivity index (χ0) is 13.7. The number of carboxylic acid groups (broad SMARTS) is 1. The van der Waals surface area contributed by atoms with Crippen LogP contribution >= 0.6 is 0 Å². The van der Waals surface area contributed by atoms with E-state index in [4.69, 9.17) is 21.4 Å². The number of nitrogens with zero attached hydrogens (tertiary/aromatic N) is 1. The van der Waals surface area contributed by atoms with E-state index in [1.165, 1.54) is 18.2 Å². The van der Waals surface area contributed by atoms with Crippen molar-refractivity contribution in [2.24, 2.45) is 10.7 Å². The first-order valence-corrected chi connectivity index (χ1v) is 5.00. The molecule has 0 bridgehead atoms. The van der Waals surface area contributed by atoms with Crippen molar-refractivity contribution in [1.82, 2.24) is 0 Å². The highest BCUT2D eigenvalue weighted by Gasteiger charge is 2.13. The van der Waals surface area contributed by atoms with Gasteiger partial charge in [-0.05, 0) is 18.2 Å². The molecule has 1 aromatic carbocycles. The molecule has 0 amide bonds. The number of benzene rings is 1. The largest absolute Gasteiger partial charge is 0.507 e. The van der Waals surface area contributed by atoms with Crippen molar-refractivity contribution in [3.63, 3.8) is 0 Å². The monoisotopic (exact) mass is 251 g/mol. The summed E-state index contributed by atoms with van der Waals surface area (Å²) in [6, 6.07) is 2.89. The second-order valence-corrected chi connectivity index (χ2v) is 3.50. The first-order chi connectivity index (χ1) is 8.45. The van der Waals surface area contributed by atoms with Crippen molar-refractivity contribution in [1.29, 1.82) is 5.41 Å². The van der Waals surface area contributed by atoms with E-state index in [-0.39, 0.29) is 17.1 Å². The number of nitrogens with two attached hydrogens (primary N) is 1. The first-order valence-electron chi connectivity index (χ1n) is 5.00. The first kappa shape index (κ1) is 13.7. The SMILES string of the molecule is N=C(N)c1ccc(O)c(C=N[C@@H](CO)C(=O)O)c1. The number of hydrogen-bond acceptors (Lipinski definition) is 5. The van der Waals surface area contributed by atoms with E-state index in [2.05, 4.69) is 4.99 Å². The van der Waals surface area contributed by atoms with Crippen molar-refractivity contribution < 1.29 is 20.1 Å². The van der Waals surface area contributed by atoms with Crippen LogP contribution in [-0.4, -0.2) is 46.0 Å². The molecule has 1 rings (SSSR count). The number of carbonyl (C=O) groups is 1. The Morgan fingerprint density at radius 3 is 2.72 bits per heavy atom. The fraction of sp³-hybridized carbons (Fsp3) is 0.182. The van der Waals surface area contributed by atoms with Gasteiger partial charge in [0.2, 0.25) is 0 Å². The van der Waals surface area contributed by atoms with E-state index in [1.807, 2.05) is 0 Å². The van der Waals surface area contributed by atoms with Crippen LogP contribution in [0.3, 0.4) is 0 Å². The highest BCUT2D eigenvalue weighted by molar-refractivity contribution is 5.97. The van der Waals surface area contributed by atoms with Gasteiger partial charge in [0.15, 0.2) is 6.04 Å². The molecule has 0 aliphatic heterocycles. The molecule has 96 valence electrons. The number of hydrogen-bond donors (Lipinski definition) is 5. The van der Waals surface area contributed by atoms with Crippen LogP contribution in [0.5, 0.6) is 5.75 Å². The van der Waals surface area contributed by atoms with Crippen LogP contribution in [0.4, 0.5) is 0 Å². The van der Waals surface area contributed by atoms with Crippen molar-refractivity contribution in [2.75, 3.05) is 6.61 Å². The predicted octanol–water partition coefficient (Wildman–Crippen LogP) is -0.459. The van der Waals surface area contributed by atoms with Gasteiger partial charge in [-0.3, -0.25) is 10.4 Å². The number of phenols is 1. The van der Waals surface area contributed by atoms with E-state index in [9.17, 15) is 9.90 Å². The fourth-order valence-electron chi connectivity index (χ4n) is 1.18. The van der Waals surface area contributed by atoms with Gasteiger partial charge in [0.05, 0.1) is 6.61 Å². The van der Waals surface area contributed by atoms with Gasteiger partial charge in [-0.1, -0.05) is 0 Å². The van der Waals surface area contributed by atoms with E-state index in [0.717, 1.165) is 6.21 Å². The number of aliphatic hydroxyl groups is 1. The summed E-state index contributed by atoms with van der Waals surface area (Å²) in [5.41, 5.74) is 5.89. The Morgan fingerprint density at radius 2 is 2.22 bits per heavy atom. The molecule has 1 aromatic rings. The molecular formula is C11H13N3O4. The summed E-state index contributed by atoms with van der Waals surface area (Å²) in [5.74, 6) is -1.57. The lowest BCUT2D eigenvalue weighted by Crippen LogP contribution is -2.22. The summed E-state index contributed by atoms with van der Waals surface area (Å²) >= 11 is 0. The fourth-order valence-corrected chi connectivity index (χ4v) is 1.18. The smallest absolute Gasteiger partial charge is 0.330 e. The average molecular weight is 251 g/mol. The van der Waals surface area contributed by atoms with Crippen molar-refractivity contribution >= 4 is 18.0 Å². The molecule has 0 saturated heterocycles. The second kappa shape index (κ2) is 5.78. The Bertz CT molecular complexity index is 499. The lowest BCUT2D eigenvalue weighted by molar-refractivity contribution is -0.139. The molecular weight excluding hydrogens is 238 g/mol. The zero-order valence-electron chi connectivity index (χ0n) is 9.37. The van der Waals surface area contributed by atoms with Gasteiger partial charge in [0.1, 0.15) is 11.6 Å². The maximum atomic E-state index is 10.6. The molecule has 0 aliphatic rings. The lowest BCUT2D eigenvalue weighted by Gasteiger charge is -2.05. The molecule has 0 aliphatic carbocycles. The minimum Gasteiger partial charge on any atom is -0.507 e. The second-order valence-electron chi connectivity index (χ2n) is 3.50. The average Bonchev–Trinajstić information content (AvgIpc) is 2.31. The van der Waals surface area contributed by atoms with Gasteiger partial charge in [-0.2, -0.15) is 0 Å². The lowest BCUT2D eigenvalue weighted by atomic mass is 10.1. The van der Waals surface area contributed by atoms with Crippen LogP contribution in [0.15, 0.2) is 23.2 Å². The molecule has 0 heterocycles. The maximum Gasteiger partial charge on any atom is 0.330 e. The number of aromatic hydroxyl groups is 1. The number of aliphatic carboxylic acids is 1. The number of nitrogens with one attached hydrogen (secondary N) is 1. The molecule has 0 saturated carbocycles.